The second-order valence-corrected chi connectivity index (χ2v) is 10.2. The van der Waals surface area contributed by atoms with Crippen LogP contribution in [-0.2, 0) is 14.6 Å². The van der Waals surface area contributed by atoms with Gasteiger partial charge in [0.15, 0.2) is 5.84 Å². The van der Waals surface area contributed by atoms with Crippen molar-refractivity contribution in [1.29, 1.82) is 5.41 Å². The maximum absolute atomic E-state index is 12.6. The van der Waals surface area contributed by atoms with Gasteiger partial charge in [0.25, 0.3) is 5.91 Å². The Labute approximate surface area is 183 Å². The fraction of sp³-hybridized carbons (Fsp3) is 0.200. The molecule has 0 spiro atoms. The molecule has 160 valence electrons. The zero-order chi connectivity index (χ0) is 22.5. The van der Waals surface area contributed by atoms with Crippen molar-refractivity contribution in [3.8, 4) is 11.4 Å². The minimum Gasteiger partial charge on any atom is -0.497 e. The number of hydrazone groups is 1. The van der Waals surface area contributed by atoms with E-state index >= 15 is 0 Å². The molecule has 4 rings (SSSR count). The highest BCUT2D eigenvalue weighted by molar-refractivity contribution is 8.42. The number of thioether (sulfide) groups is 1. The molecule has 0 bridgehead atoms. The van der Waals surface area contributed by atoms with Gasteiger partial charge in [0.1, 0.15) is 5.75 Å². The molecule has 2 aliphatic heterocycles. The van der Waals surface area contributed by atoms with E-state index in [2.05, 4.69) is 10.1 Å². The first-order chi connectivity index (χ1) is 14.6. The van der Waals surface area contributed by atoms with Crippen molar-refractivity contribution in [1.82, 2.24) is 9.58 Å². The van der Waals surface area contributed by atoms with Gasteiger partial charge in [0, 0.05) is 23.3 Å². The number of hydrogen-bond donors (Lipinski definition) is 1. The van der Waals surface area contributed by atoms with Crippen molar-refractivity contribution in [2.45, 2.75) is 13.8 Å². The minimum absolute atomic E-state index is 0.0397. The number of sulfone groups is 1. The number of fused-ring (bicyclic) bond motifs is 1. The Kier molecular flexibility index (Phi) is 5.10. The highest BCUT2D eigenvalue weighted by Gasteiger charge is 2.38. The summed E-state index contributed by atoms with van der Waals surface area (Å²) in [6.45, 7) is 3.87. The molecular formula is C20H19N5O4S2. The number of rotatable bonds is 3. The van der Waals surface area contributed by atoms with E-state index in [1.54, 1.807) is 13.2 Å². The van der Waals surface area contributed by atoms with Crippen molar-refractivity contribution < 1.29 is 17.9 Å². The normalized spacial score (nSPS) is 17.7. The van der Waals surface area contributed by atoms with Gasteiger partial charge < -0.3 is 9.30 Å². The molecule has 1 aromatic carbocycles. The summed E-state index contributed by atoms with van der Waals surface area (Å²) in [6.07, 6.45) is 2.61. The fourth-order valence-corrected chi connectivity index (χ4v) is 5.03. The number of benzene rings is 1. The van der Waals surface area contributed by atoms with E-state index in [1.807, 2.05) is 48.7 Å². The molecule has 2 aromatic rings. The second kappa shape index (κ2) is 7.50. The van der Waals surface area contributed by atoms with Crippen molar-refractivity contribution in [3.63, 3.8) is 0 Å². The molecule has 31 heavy (non-hydrogen) atoms. The Hall–Kier alpha value is -3.18. The first-order valence-corrected chi connectivity index (χ1v) is 11.8. The number of carbonyl (C=O) groups excluding carboxylic acids is 1. The standard InChI is InChI=1S/C20H19N5O4S2/c1-11-9-13(12(2)24(11)14-5-7-15(29-3)8-6-14)10-16-17(21)25-19(22-18(16)26)30-20(23-25)31(4,27)28/h5-10,21H,1-4H3/b16-10+,21-17?. The molecule has 0 atom stereocenters. The number of nitrogens with zero attached hydrogens (tertiary/aromatic N) is 4. The van der Waals surface area contributed by atoms with Gasteiger partial charge in [-0.05, 0) is 67.6 Å². The van der Waals surface area contributed by atoms with Crippen molar-refractivity contribution in [2.75, 3.05) is 13.4 Å². The lowest BCUT2D eigenvalue weighted by atomic mass is 10.1. The van der Waals surface area contributed by atoms with Gasteiger partial charge in [-0.2, -0.15) is 10.0 Å². The Bertz CT molecular complexity index is 1320. The van der Waals surface area contributed by atoms with Crippen LogP contribution in [0.3, 0.4) is 0 Å². The largest absolute Gasteiger partial charge is 0.497 e. The molecule has 0 saturated heterocycles. The van der Waals surface area contributed by atoms with Gasteiger partial charge in [0.05, 0.1) is 12.7 Å². The molecule has 9 nitrogen and oxygen atoms in total. The highest BCUT2D eigenvalue weighted by Crippen LogP contribution is 2.31. The Morgan fingerprint density at radius 1 is 1.19 bits per heavy atom. The fourth-order valence-electron chi connectivity index (χ4n) is 3.34. The number of amides is 1. The van der Waals surface area contributed by atoms with Crippen LogP contribution in [0, 0.1) is 19.3 Å². The molecule has 11 heteroatoms. The molecule has 0 aliphatic carbocycles. The lowest BCUT2D eigenvalue weighted by molar-refractivity contribution is -0.114. The van der Waals surface area contributed by atoms with Gasteiger partial charge in [-0.3, -0.25) is 10.2 Å². The summed E-state index contributed by atoms with van der Waals surface area (Å²) in [5, 5.41) is 13.5. The predicted octanol–water partition coefficient (Wildman–Crippen LogP) is 2.72. The average Bonchev–Trinajstić information content (AvgIpc) is 3.26. The van der Waals surface area contributed by atoms with E-state index in [9.17, 15) is 13.2 Å². The van der Waals surface area contributed by atoms with Crippen molar-refractivity contribution >= 4 is 49.0 Å². The molecule has 0 unspecified atom stereocenters. The summed E-state index contributed by atoms with van der Waals surface area (Å²) >= 11 is 0.762. The summed E-state index contributed by atoms with van der Waals surface area (Å²) < 4.78 is 30.6. The quantitative estimate of drug-likeness (QED) is 0.708. The molecule has 2 aliphatic rings. The van der Waals surface area contributed by atoms with Crippen LogP contribution in [0.15, 0.2) is 46.0 Å². The Balaban J connectivity index is 1.73. The molecule has 0 radical (unpaired) electrons. The third-order valence-electron chi connectivity index (χ3n) is 4.85. The summed E-state index contributed by atoms with van der Waals surface area (Å²) in [5.41, 5.74) is 3.55. The van der Waals surface area contributed by atoms with Crippen molar-refractivity contribution in [2.24, 2.45) is 10.1 Å². The van der Waals surface area contributed by atoms with Gasteiger partial charge in [-0.1, -0.05) is 0 Å². The van der Waals surface area contributed by atoms with E-state index in [0.717, 1.165) is 51.4 Å². The van der Waals surface area contributed by atoms with Crippen LogP contribution in [0.4, 0.5) is 0 Å². The van der Waals surface area contributed by atoms with Crippen LogP contribution in [-0.4, -0.2) is 52.6 Å². The maximum atomic E-state index is 12.6. The molecule has 1 aromatic heterocycles. The van der Waals surface area contributed by atoms with E-state index in [-0.39, 0.29) is 21.0 Å². The van der Waals surface area contributed by atoms with Gasteiger partial charge in [-0.15, -0.1) is 5.10 Å². The zero-order valence-electron chi connectivity index (χ0n) is 17.2. The first kappa shape index (κ1) is 21.1. The van der Waals surface area contributed by atoms with Gasteiger partial charge >= 0.3 is 0 Å². The highest BCUT2D eigenvalue weighted by atomic mass is 32.3. The second-order valence-electron chi connectivity index (χ2n) is 7.02. The molecule has 1 amide bonds. The van der Waals surface area contributed by atoms with E-state index < -0.39 is 15.7 Å². The number of methoxy groups -OCH3 is 1. The number of aryl methyl sites for hydroxylation is 1. The number of amidine groups is 2. The van der Waals surface area contributed by atoms with Crippen molar-refractivity contribution in [3.05, 3.63) is 52.9 Å². The monoisotopic (exact) mass is 457 g/mol. The maximum Gasteiger partial charge on any atom is 0.283 e. The van der Waals surface area contributed by atoms with Gasteiger partial charge in [0.2, 0.25) is 19.4 Å². The summed E-state index contributed by atoms with van der Waals surface area (Å²) in [4.78, 5) is 16.5. The average molecular weight is 458 g/mol. The Morgan fingerprint density at radius 2 is 1.87 bits per heavy atom. The number of aliphatic imine (C=N–C) groups is 1. The topological polar surface area (TPSA) is 117 Å². The molecule has 3 heterocycles. The number of carbonyl (C=O) groups is 1. The van der Waals surface area contributed by atoms with Crippen LogP contribution in [0.2, 0.25) is 0 Å². The van der Waals surface area contributed by atoms with Crippen LogP contribution in [0.5, 0.6) is 5.75 Å². The minimum atomic E-state index is -3.57. The first-order valence-electron chi connectivity index (χ1n) is 9.14. The van der Waals surface area contributed by atoms with Gasteiger partial charge in [-0.25, -0.2) is 8.42 Å². The zero-order valence-corrected chi connectivity index (χ0v) is 18.8. The summed E-state index contributed by atoms with van der Waals surface area (Å²) in [7, 11) is -1.96. The predicted molar refractivity (Wildman–Crippen MR) is 122 cm³/mol. The molecule has 0 saturated carbocycles. The number of nitrogens with one attached hydrogen (secondary N) is 1. The van der Waals surface area contributed by atoms with Crippen LogP contribution in [0.25, 0.3) is 11.8 Å². The van der Waals surface area contributed by atoms with Crippen LogP contribution < -0.4 is 4.74 Å². The lowest BCUT2D eigenvalue weighted by Crippen LogP contribution is -2.35. The third-order valence-corrected chi connectivity index (χ3v) is 7.43. The third kappa shape index (κ3) is 3.70. The molecule has 1 N–H and O–H groups in total. The summed E-state index contributed by atoms with van der Waals surface area (Å²) in [5.74, 6) is -0.0701. The smallest absolute Gasteiger partial charge is 0.283 e. The van der Waals surface area contributed by atoms with Crippen LogP contribution >= 0.6 is 11.8 Å². The number of aromatic nitrogens is 1. The van der Waals surface area contributed by atoms with E-state index in [1.165, 1.54) is 0 Å². The summed E-state index contributed by atoms with van der Waals surface area (Å²) in [6, 6.07) is 9.51. The Morgan fingerprint density at radius 3 is 2.48 bits per heavy atom. The SMILES string of the molecule is COc1ccc(-n2c(C)cc(/C=C3\C(=N)N4N=C(S(C)(=O)=O)SC4=NC3=O)c2C)cc1. The molecule has 0 fully saturated rings. The van der Waals surface area contributed by atoms with Crippen LogP contribution in [0.1, 0.15) is 17.0 Å². The van der Waals surface area contributed by atoms with E-state index in [4.69, 9.17) is 10.1 Å². The lowest BCUT2D eigenvalue weighted by Gasteiger charge is -2.20. The number of ether oxygens (including phenoxy) is 1. The molecular weight excluding hydrogens is 438 g/mol. The number of hydrogen-bond acceptors (Lipinski definition) is 7. The van der Waals surface area contributed by atoms with E-state index in [0.29, 0.717) is 0 Å².